The maximum absolute atomic E-state index is 12.5. The smallest absolute Gasteiger partial charge is 0.321 e. The molecule has 0 spiro atoms. The van der Waals surface area contributed by atoms with Crippen molar-refractivity contribution in [2.24, 2.45) is 0 Å². The number of aryl methyl sites for hydroxylation is 1. The Labute approximate surface area is 144 Å². The van der Waals surface area contributed by atoms with E-state index in [0.29, 0.717) is 0 Å². The Morgan fingerprint density at radius 2 is 1.91 bits per heavy atom. The number of hydrogen-bond acceptors (Lipinski definition) is 1. The highest BCUT2D eigenvalue weighted by Gasteiger charge is 2.18. The van der Waals surface area contributed by atoms with Gasteiger partial charge in [0.1, 0.15) is 0 Å². The highest BCUT2D eigenvalue weighted by Crippen LogP contribution is 2.28. The van der Waals surface area contributed by atoms with Crippen molar-refractivity contribution in [1.82, 2.24) is 4.90 Å². The molecule has 0 aliphatic rings. The van der Waals surface area contributed by atoms with Gasteiger partial charge in [-0.2, -0.15) is 0 Å². The van der Waals surface area contributed by atoms with E-state index in [1.807, 2.05) is 17.9 Å². The second-order valence-electron chi connectivity index (χ2n) is 7.60. The Bertz CT molecular complexity index is 521. The van der Waals surface area contributed by atoms with E-state index in [1.165, 1.54) is 17.2 Å². The normalized spacial score (nSPS) is 11.7. The molecule has 0 bridgehead atoms. The number of rotatable bonds is 6. The van der Waals surface area contributed by atoms with Gasteiger partial charge in [0, 0.05) is 27.6 Å². The van der Waals surface area contributed by atoms with Gasteiger partial charge in [0.05, 0.1) is 0 Å². The summed E-state index contributed by atoms with van der Waals surface area (Å²) < 4.78 is 0. The summed E-state index contributed by atoms with van der Waals surface area (Å²) in [5, 5.41) is 3.07. The van der Waals surface area contributed by atoms with Crippen molar-refractivity contribution >= 4 is 20.5 Å². The predicted octanol–water partition coefficient (Wildman–Crippen LogP) is 5.29. The maximum Gasteiger partial charge on any atom is 0.321 e. The van der Waals surface area contributed by atoms with E-state index < -0.39 is 0 Å². The molecule has 23 heavy (non-hydrogen) atoms. The maximum atomic E-state index is 12.5. The molecular weight excluding hydrogens is 300 g/mol. The fraction of sp³-hybridized carbons (Fsp3) is 0.632. The van der Waals surface area contributed by atoms with E-state index in [1.54, 1.807) is 0 Å². The van der Waals surface area contributed by atoms with Gasteiger partial charge in [0.15, 0.2) is 0 Å². The molecular formula is C19H33N2OSi. The molecule has 129 valence electrons. The van der Waals surface area contributed by atoms with Crippen molar-refractivity contribution in [3.8, 4) is 0 Å². The van der Waals surface area contributed by atoms with Crippen LogP contribution in [0.2, 0.25) is 19.1 Å². The molecule has 0 aromatic heterocycles. The van der Waals surface area contributed by atoms with Crippen LogP contribution in [0.4, 0.5) is 10.5 Å². The summed E-state index contributed by atoms with van der Waals surface area (Å²) in [6.45, 7) is 17.0. The molecule has 0 aliphatic heterocycles. The van der Waals surface area contributed by atoms with Crippen LogP contribution in [0.25, 0.3) is 0 Å². The lowest BCUT2D eigenvalue weighted by Gasteiger charge is -2.24. The minimum atomic E-state index is -0.207. The molecule has 1 radical (unpaired) electrons. The summed E-state index contributed by atoms with van der Waals surface area (Å²) in [7, 11) is -0.207. The number of anilines is 1. The monoisotopic (exact) mass is 333 g/mol. The summed E-state index contributed by atoms with van der Waals surface area (Å²) >= 11 is 0. The summed E-state index contributed by atoms with van der Waals surface area (Å²) in [5.74, 6) is 0. The lowest BCUT2D eigenvalue weighted by atomic mass is 9.84. The van der Waals surface area contributed by atoms with E-state index in [4.69, 9.17) is 0 Å². The number of hydrogen-bond donors (Lipinski definition) is 1. The van der Waals surface area contributed by atoms with E-state index in [0.717, 1.165) is 25.2 Å². The molecule has 0 heterocycles. The van der Waals surface area contributed by atoms with Crippen molar-refractivity contribution in [2.45, 2.75) is 65.6 Å². The van der Waals surface area contributed by atoms with Crippen LogP contribution >= 0.6 is 0 Å². The molecule has 4 heteroatoms. The van der Waals surface area contributed by atoms with Crippen LogP contribution < -0.4 is 5.32 Å². The first-order valence-corrected chi connectivity index (χ1v) is 11.3. The fourth-order valence-corrected chi connectivity index (χ4v) is 3.60. The van der Waals surface area contributed by atoms with Crippen molar-refractivity contribution in [2.75, 3.05) is 18.4 Å². The van der Waals surface area contributed by atoms with Gasteiger partial charge in [0.2, 0.25) is 0 Å². The number of carbonyl (C=O) groups is 1. The van der Waals surface area contributed by atoms with Crippen molar-refractivity contribution in [1.29, 1.82) is 0 Å². The summed E-state index contributed by atoms with van der Waals surface area (Å²) in [6.07, 6.45) is 1.10. The molecule has 0 atom stereocenters. The molecule has 3 nitrogen and oxygen atoms in total. The molecule has 1 aromatic rings. The second kappa shape index (κ2) is 8.53. The number of amides is 2. The average molecular weight is 334 g/mol. The Hall–Kier alpha value is -1.29. The summed E-state index contributed by atoms with van der Waals surface area (Å²) in [6, 6.07) is 7.47. The van der Waals surface area contributed by atoms with Crippen molar-refractivity contribution < 1.29 is 4.79 Å². The zero-order valence-corrected chi connectivity index (χ0v) is 16.9. The standard InChI is InChI=1S/C19H33N2OSi/c1-8-21(12-9-13-23(6)7)18(22)20-16-11-10-15(2)17(14-16)19(3,4)5/h10-11,14H,8-9,12-13H2,1-7H3,(H,20,22). The van der Waals surface area contributed by atoms with Gasteiger partial charge in [-0.1, -0.05) is 46.0 Å². The minimum Gasteiger partial charge on any atom is -0.325 e. The summed E-state index contributed by atoms with van der Waals surface area (Å²) in [5.41, 5.74) is 3.52. The average Bonchev–Trinajstić information content (AvgIpc) is 2.44. The largest absolute Gasteiger partial charge is 0.325 e. The Morgan fingerprint density at radius 3 is 2.43 bits per heavy atom. The SMILES string of the molecule is CCN(CCC[Si](C)C)C(=O)Nc1ccc(C)c(C(C)(C)C)c1. The Balaban J connectivity index is 2.75. The van der Waals surface area contributed by atoms with E-state index in [-0.39, 0.29) is 20.2 Å². The molecule has 1 N–H and O–H groups in total. The molecule has 0 saturated heterocycles. The van der Waals surface area contributed by atoms with E-state index in [9.17, 15) is 4.79 Å². The van der Waals surface area contributed by atoms with Gasteiger partial charge in [-0.15, -0.1) is 0 Å². The first-order chi connectivity index (χ1) is 10.6. The van der Waals surface area contributed by atoms with Crippen LogP contribution in [0.15, 0.2) is 18.2 Å². The minimum absolute atomic E-state index is 0.0113. The van der Waals surface area contributed by atoms with Crippen LogP contribution in [0.5, 0.6) is 0 Å². The topological polar surface area (TPSA) is 32.3 Å². The number of urea groups is 1. The second-order valence-corrected chi connectivity index (χ2v) is 10.5. The number of carbonyl (C=O) groups excluding carboxylic acids is 1. The van der Waals surface area contributed by atoms with E-state index in [2.05, 4.69) is 58.2 Å². The zero-order chi connectivity index (χ0) is 17.6. The van der Waals surface area contributed by atoms with Crippen molar-refractivity contribution in [3.05, 3.63) is 29.3 Å². The molecule has 0 fully saturated rings. The quantitative estimate of drug-likeness (QED) is 0.705. The van der Waals surface area contributed by atoms with E-state index >= 15 is 0 Å². The first-order valence-electron chi connectivity index (χ1n) is 8.61. The third-order valence-electron chi connectivity index (χ3n) is 4.07. The fourth-order valence-electron chi connectivity index (χ4n) is 2.74. The Kier molecular flexibility index (Phi) is 7.32. The lowest BCUT2D eigenvalue weighted by molar-refractivity contribution is 0.214. The first kappa shape index (κ1) is 19.8. The van der Waals surface area contributed by atoms with Crippen LogP contribution in [-0.2, 0) is 5.41 Å². The predicted molar refractivity (Wildman–Crippen MR) is 103 cm³/mol. The number of benzene rings is 1. The molecule has 1 aromatic carbocycles. The van der Waals surface area contributed by atoms with Gasteiger partial charge in [-0.05, 0) is 48.9 Å². The molecule has 0 unspecified atom stereocenters. The van der Waals surface area contributed by atoms with Crippen molar-refractivity contribution in [3.63, 3.8) is 0 Å². The molecule has 0 aliphatic carbocycles. The third kappa shape index (κ3) is 6.38. The molecule has 0 saturated carbocycles. The summed E-state index contributed by atoms with van der Waals surface area (Å²) in [4.78, 5) is 14.4. The highest BCUT2D eigenvalue weighted by molar-refractivity contribution is 6.55. The van der Waals surface area contributed by atoms with Gasteiger partial charge in [0.25, 0.3) is 0 Å². The van der Waals surface area contributed by atoms with Crippen LogP contribution in [0, 0.1) is 6.92 Å². The Morgan fingerprint density at radius 1 is 1.26 bits per heavy atom. The van der Waals surface area contributed by atoms with Gasteiger partial charge >= 0.3 is 6.03 Å². The highest BCUT2D eigenvalue weighted by atomic mass is 28.3. The third-order valence-corrected chi connectivity index (χ3v) is 5.42. The zero-order valence-electron chi connectivity index (χ0n) is 15.9. The van der Waals surface area contributed by atoms with Crippen LogP contribution in [0.1, 0.15) is 45.2 Å². The lowest BCUT2D eigenvalue weighted by Crippen LogP contribution is -2.35. The van der Waals surface area contributed by atoms with Crippen LogP contribution in [0.3, 0.4) is 0 Å². The number of nitrogens with one attached hydrogen (secondary N) is 1. The molecule has 1 rings (SSSR count). The van der Waals surface area contributed by atoms with Gasteiger partial charge < -0.3 is 10.2 Å². The van der Waals surface area contributed by atoms with Crippen LogP contribution in [-0.4, -0.2) is 32.8 Å². The van der Waals surface area contributed by atoms with Gasteiger partial charge in [-0.3, -0.25) is 0 Å². The molecule has 2 amide bonds. The van der Waals surface area contributed by atoms with Gasteiger partial charge in [-0.25, -0.2) is 4.79 Å². The number of nitrogens with zero attached hydrogens (tertiary/aromatic N) is 1.